The van der Waals surface area contributed by atoms with Crippen molar-refractivity contribution in [2.75, 3.05) is 65.1 Å². The third-order valence-electron chi connectivity index (χ3n) is 9.77. The third kappa shape index (κ3) is 11.9. The maximum absolute atomic E-state index is 14.4. The summed E-state index contributed by atoms with van der Waals surface area (Å²) in [5.74, 6) is 0.978. The van der Waals surface area contributed by atoms with Crippen molar-refractivity contribution in [2.24, 2.45) is 0 Å². The SMILES string of the molecule is CCCO.CCCOc1ccc(C(=O)N2CCC(c3cnc(N)cc3OC)CC2)c(F)c1.COc1cc(N)ncc1C1CCN(C(=O)c2ccc(O)cc2F)CC1. The second-order valence-corrected chi connectivity index (χ2v) is 13.7. The molecule has 2 aromatic carbocycles. The highest BCUT2D eigenvalue weighted by Gasteiger charge is 2.29. The van der Waals surface area contributed by atoms with Crippen molar-refractivity contribution in [3.63, 3.8) is 0 Å². The molecule has 4 aromatic rings. The Morgan fingerprint density at radius 1 is 0.737 bits per heavy atom. The highest BCUT2D eigenvalue weighted by atomic mass is 19.1. The van der Waals surface area contributed by atoms with Crippen molar-refractivity contribution in [2.45, 2.75) is 64.2 Å². The van der Waals surface area contributed by atoms with Crippen LogP contribution in [0.4, 0.5) is 20.4 Å². The van der Waals surface area contributed by atoms with E-state index >= 15 is 0 Å². The van der Waals surface area contributed by atoms with E-state index in [-0.39, 0.29) is 40.5 Å². The number of carbonyl (C=O) groups excluding carboxylic acids is 2. The zero-order valence-corrected chi connectivity index (χ0v) is 33.0. The molecule has 2 aromatic heterocycles. The number of hydrogen-bond donors (Lipinski definition) is 4. The van der Waals surface area contributed by atoms with Crippen LogP contribution in [-0.2, 0) is 0 Å². The molecule has 0 atom stereocenters. The molecule has 0 bridgehead atoms. The molecule has 4 heterocycles. The predicted molar refractivity (Wildman–Crippen MR) is 214 cm³/mol. The number of phenolic OH excluding ortho intramolecular Hbond substituents is 1. The Kier molecular flexibility index (Phi) is 16.7. The number of ether oxygens (including phenoxy) is 3. The number of aliphatic hydroxyl groups is 1. The number of methoxy groups -OCH3 is 2. The first-order valence-corrected chi connectivity index (χ1v) is 19.1. The van der Waals surface area contributed by atoms with Gasteiger partial charge >= 0.3 is 0 Å². The molecular formula is C42H54F2N6O7. The molecule has 2 saturated heterocycles. The fourth-order valence-corrected chi connectivity index (χ4v) is 6.68. The Hall–Kier alpha value is -5.70. The highest BCUT2D eigenvalue weighted by molar-refractivity contribution is 5.95. The topological polar surface area (TPSA) is 187 Å². The lowest BCUT2D eigenvalue weighted by molar-refractivity contribution is 0.0699. The number of aromatic nitrogens is 2. The van der Waals surface area contributed by atoms with Crippen LogP contribution in [0.2, 0.25) is 0 Å². The average Bonchev–Trinajstić information content (AvgIpc) is 3.23. The van der Waals surface area contributed by atoms with Crippen LogP contribution in [0.15, 0.2) is 60.9 Å². The lowest BCUT2D eigenvalue weighted by atomic mass is 9.89. The largest absolute Gasteiger partial charge is 0.508 e. The number of nitrogen functional groups attached to an aromatic ring is 2. The third-order valence-corrected chi connectivity index (χ3v) is 9.77. The van der Waals surface area contributed by atoms with Crippen molar-refractivity contribution < 1.29 is 42.8 Å². The molecule has 2 aliphatic rings. The maximum atomic E-state index is 14.4. The van der Waals surface area contributed by atoms with Gasteiger partial charge in [-0.05, 0) is 74.6 Å². The van der Waals surface area contributed by atoms with Crippen LogP contribution >= 0.6 is 0 Å². The summed E-state index contributed by atoms with van der Waals surface area (Å²) in [6.07, 6.45) is 8.15. The van der Waals surface area contributed by atoms with E-state index in [0.717, 1.165) is 55.7 Å². The Morgan fingerprint density at radius 2 is 1.18 bits per heavy atom. The van der Waals surface area contributed by atoms with E-state index in [4.69, 9.17) is 30.8 Å². The molecule has 6 rings (SSSR count). The Bertz CT molecular complexity index is 1930. The van der Waals surface area contributed by atoms with Gasteiger partial charge in [-0.2, -0.15) is 0 Å². The van der Waals surface area contributed by atoms with Gasteiger partial charge in [0.05, 0.1) is 32.0 Å². The number of carbonyl (C=O) groups is 2. The summed E-state index contributed by atoms with van der Waals surface area (Å²) < 4.78 is 44.5. The van der Waals surface area contributed by atoms with E-state index in [2.05, 4.69) is 9.97 Å². The van der Waals surface area contributed by atoms with E-state index in [9.17, 15) is 23.5 Å². The quantitative estimate of drug-likeness (QED) is 0.137. The summed E-state index contributed by atoms with van der Waals surface area (Å²) >= 11 is 0. The van der Waals surface area contributed by atoms with Gasteiger partial charge in [-0.15, -0.1) is 0 Å². The van der Waals surface area contributed by atoms with Gasteiger partial charge in [-0.1, -0.05) is 13.8 Å². The zero-order chi connectivity index (χ0) is 41.5. The van der Waals surface area contributed by atoms with E-state index in [0.29, 0.717) is 68.3 Å². The van der Waals surface area contributed by atoms with Crippen molar-refractivity contribution in [3.8, 4) is 23.0 Å². The molecule has 2 fully saturated rings. The van der Waals surface area contributed by atoms with E-state index in [1.807, 2.05) is 13.8 Å². The number of aliphatic hydroxyl groups excluding tert-OH is 1. The van der Waals surface area contributed by atoms with Crippen molar-refractivity contribution in [3.05, 3.63) is 94.8 Å². The number of hydrogen-bond acceptors (Lipinski definition) is 11. The number of rotatable bonds is 10. The predicted octanol–water partition coefficient (Wildman–Crippen LogP) is 6.55. The first kappa shape index (κ1) is 44.0. The van der Waals surface area contributed by atoms with Crippen LogP contribution in [0.25, 0.3) is 0 Å². The van der Waals surface area contributed by atoms with Crippen LogP contribution in [-0.4, -0.2) is 95.4 Å². The minimum atomic E-state index is -0.712. The number of halogens is 2. The summed E-state index contributed by atoms with van der Waals surface area (Å²) in [6, 6.07) is 11.4. The molecule has 13 nitrogen and oxygen atoms in total. The Balaban J connectivity index is 0.000000232. The molecule has 308 valence electrons. The maximum Gasteiger partial charge on any atom is 0.256 e. The lowest BCUT2D eigenvalue weighted by Crippen LogP contribution is -2.38. The summed E-state index contributed by atoms with van der Waals surface area (Å²) in [7, 11) is 3.19. The number of aromatic hydroxyl groups is 1. The highest BCUT2D eigenvalue weighted by Crippen LogP contribution is 2.36. The summed E-state index contributed by atoms with van der Waals surface area (Å²) in [6.45, 7) is 6.86. The number of amides is 2. The van der Waals surface area contributed by atoms with Gasteiger partial charge in [0.2, 0.25) is 0 Å². The van der Waals surface area contributed by atoms with Crippen LogP contribution in [0, 0.1) is 11.6 Å². The summed E-state index contributed by atoms with van der Waals surface area (Å²) in [4.78, 5) is 36.9. The number of anilines is 2. The van der Waals surface area contributed by atoms with Crippen molar-refractivity contribution in [1.29, 1.82) is 0 Å². The molecule has 2 amide bonds. The second-order valence-electron chi connectivity index (χ2n) is 13.7. The van der Waals surface area contributed by atoms with Gasteiger partial charge in [0.15, 0.2) is 0 Å². The van der Waals surface area contributed by atoms with Crippen LogP contribution < -0.4 is 25.7 Å². The molecular weight excluding hydrogens is 738 g/mol. The van der Waals surface area contributed by atoms with Gasteiger partial charge in [0, 0.05) is 80.6 Å². The van der Waals surface area contributed by atoms with Crippen molar-refractivity contribution in [1.82, 2.24) is 19.8 Å². The fraction of sp³-hybridized carbons (Fsp3) is 0.429. The molecule has 15 heteroatoms. The monoisotopic (exact) mass is 792 g/mol. The van der Waals surface area contributed by atoms with E-state index < -0.39 is 11.6 Å². The molecule has 0 unspecified atom stereocenters. The first-order valence-electron chi connectivity index (χ1n) is 19.1. The van der Waals surface area contributed by atoms with Gasteiger partial charge in [-0.3, -0.25) is 9.59 Å². The van der Waals surface area contributed by atoms with Crippen molar-refractivity contribution >= 4 is 23.5 Å². The zero-order valence-electron chi connectivity index (χ0n) is 33.0. The number of nitrogens with two attached hydrogens (primary N) is 2. The average molecular weight is 793 g/mol. The molecule has 0 radical (unpaired) electrons. The molecule has 0 aliphatic carbocycles. The molecule has 57 heavy (non-hydrogen) atoms. The second kappa shape index (κ2) is 21.6. The molecule has 6 N–H and O–H groups in total. The minimum Gasteiger partial charge on any atom is -0.508 e. The van der Waals surface area contributed by atoms with Gasteiger partial charge in [-0.25, -0.2) is 18.7 Å². The molecule has 0 spiro atoms. The summed E-state index contributed by atoms with van der Waals surface area (Å²) in [5, 5.41) is 17.1. The van der Waals surface area contributed by atoms with Gasteiger partial charge in [0.25, 0.3) is 11.8 Å². The first-order chi connectivity index (χ1) is 27.4. The van der Waals surface area contributed by atoms with E-state index in [1.54, 1.807) is 54.6 Å². The minimum absolute atomic E-state index is 0.0250. The number of pyridine rings is 2. The van der Waals surface area contributed by atoms with E-state index in [1.165, 1.54) is 24.3 Å². The molecule has 2 aliphatic heterocycles. The van der Waals surface area contributed by atoms with Crippen LogP contribution in [0.1, 0.15) is 96.1 Å². The number of benzene rings is 2. The number of nitrogens with zero attached hydrogens (tertiary/aromatic N) is 4. The fourth-order valence-electron chi connectivity index (χ4n) is 6.68. The lowest BCUT2D eigenvalue weighted by Gasteiger charge is -2.32. The molecule has 0 saturated carbocycles. The van der Waals surface area contributed by atoms with Gasteiger partial charge in [0.1, 0.15) is 46.3 Å². The normalized spacial score (nSPS) is 14.4. The Morgan fingerprint density at radius 3 is 1.56 bits per heavy atom. The van der Waals surface area contributed by atoms with Crippen LogP contribution in [0.5, 0.6) is 23.0 Å². The number of likely N-dealkylation sites (tertiary alicyclic amines) is 2. The smallest absolute Gasteiger partial charge is 0.256 e. The Labute approximate surface area is 332 Å². The van der Waals surface area contributed by atoms with Crippen LogP contribution in [0.3, 0.4) is 0 Å². The number of piperidine rings is 2. The van der Waals surface area contributed by atoms with Gasteiger partial charge < -0.3 is 45.7 Å². The summed E-state index contributed by atoms with van der Waals surface area (Å²) in [5.41, 5.74) is 13.4. The standard InChI is InChI=1S/C21H26FN3O3.C18H20FN3O3.C3H8O/c1-3-10-28-15-4-5-16(18(22)11-15)21(26)25-8-6-14(7-9-25)17-13-24-20(23)12-19(17)27-2;1-25-16-9-17(20)21-10-14(16)11-4-6-22(7-5-11)18(24)13-3-2-12(23)8-15(13)19;1-2-3-4/h4-5,11-14H,3,6-10H2,1-2H3,(H2,23,24);2-3,8-11,23H,4-7H2,1H3,(H2,20,21);4H,2-3H2,1H3. The number of phenols is 1.